The molecule has 0 atom stereocenters. The number of hydrogen-bond acceptors (Lipinski definition) is 2. The SMILES string of the molecule is CCC/C=C\C(OCC)(OCC)c1ccc([P+](I)(c2ccccc2)c2ccccc2)cc1. The van der Waals surface area contributed by atoms with Crippen molar-refractivity contribution < 1.29 is 9.47 Å². The van der Waals surface area contributed by atoms with E-state index in [2.05, 4.69) is 126 Å². The third-order valence-electron chi connectivity index (χ3n) is 5.36. The molecule has 0 heterocycles. The third kappa shape index (κ3) is 5.51. The predicted molar refractivity (Wildman–Crippen MR) is 148 cm³/mol. The van der Waals surface area contributed by atoms with E-state index < -0.39 is 10.7 Å². The van der Waals surface area contributed by atoms with E-state index in [9.17, 15) is 0 Å². The minimum absolute atomic E-state index is 0.579. The van der Waals surface area contributed by atoms with Crippen molar-refractivity contribution in [2.45, 2.75) is 39.4 Å². The molecule has 0 aromatic heterocycles. The maximum Gasteiger partial charge on any atom is 0.215 e. The number of hydrogen-bond donors (Lipinski definition) is 0. The van der Waals surface area contributed by atoms with Crippen molar-refractivity contribution in [3.8, 4) is 0 Å². The van der Waals surface area contributed by atoms with E-state index in [4.69, 9.17) is 9.47 Å². The molecular formula is C28H33IO2P+. The quantitative estimate of drug-likeness (QED) is 0.110. The van der Waals surface area contributed by atoms with E-state index in [0.29, 0.717) is 13.2 Å². The molecule has 0 fully saturated rings. The van der Waals surface area contributed by atoms with Gasteiger partial charge in [-0.05, 0) is 74.9 Å². The van der Waals surface area contributed by atoms with Crippen LogP contribution in [0.4, 0.5) is 0 Å². The van der Waals surface area contributed by atoms with Gasteiger partial charge in [-0.2, -0.15) is 0 Å². The predicted octanol–water partition coefficient (Wildman–Crippen LogP) is 6.91. The van der Waals surface area contributed by atoms with Crippen LogP contribution in [-0.4, -0.2) is 13.2 Å². The average molecular weight is 559 g/mol. The molecule has 0 aliphatic heterocycles. The number of ether oxygens (including phenoxy) is 2. The van der Waals surface area contributed by atoms with Crippen LogP contribution in [0, 0.1) is 0 Å². The zero-order valence-electron chi connectivity index (χ0n) is 19.2. The molecule has 0 unspecified atom stereocenters. The fraction of sp³-hybridized carbons (Fsp3) is 0.286. The van der Waals surface area contributed by atoms with Crippen LogP contribution in [0.25, 0.3) is 0 Å². The van der Waals surface area contributed by atoms with Crippen LogP contribution in [0.1, 0.15) is 39.2 Å². The van der Waals surface area contributed by atoms with Gasteiger partial charge in [0.15, 0.2) is 26.9 Å². The van der Waals surface area contributed by atoms with Gasteiger partial charge in [0.25, 0.3) is 0 Å². The van der Waals surface area contributed by atoms with Gasteiger partial charge in [0.1, 0.15) is 15.9 Å². The van der Waals surface area contributed by atoms with Gasteiger partial charge in [-0.25, -0.2) is 0 Å². The summed E-state index contributed by atoms with van der Waals surface area (Å²) in [5, 5.41) is 4.06. The highest BCUT2D eigenvalue weighted by molar-refractivity contribution is 14.2. The smallest absolute Gasteiger partial charge is 0.215 e. The van der Waals surface area contributed by atoms with E-state index >= 15 is 0 Å². The molecule has 3 aromatic carbocycles. The second kappa shape index (κ2) is 12.1. The van der Waals surface area contributed by atoms with E-state index in [1.807, 2.05) is 13.8 Å². The first-order chi connectivity index (χ1) is 15.6. The first-order valence-corrected chi connectivity index (χ1v) is 15.9. The van der Waals surface area contributed by atoms with Crippen molar-refractivity contribution in [2.24, 2.45) is 0 Å². The molecule has 0 bridgehead atoms. The molecule has 0 aliphatic carbocycles. The summed E-state index contributed by atoms with van der Waals surface area (Å²) in [6, 6.07) is 30.6. The Morgan fingerprint density at radius 3 is 1.62 bits per heavy atom. The van der Waals surface area contributed by atoms with Crippen LogP contribution in [0.5, 0.6) is 0 Å². The van der Waals surface area contributed by atoms with E-state index in [1.165, 1.54) is 15.9 Å². The Labute approximate surface area is 206 Å². The summed E-state index contributed by atoms with van der Waals surface area (Å²) in [6.07, 6.45) is 6.35. The molecule has 0 saturated heterocycles. The van der Waals surface area contributed by atoms with Crippen LogP contribution in [0.3, 0.4) is 0 Å². The van der Waals surface area contributed by atoms with Crippen LogP contribution in [-0.2, 0) is 15.3 Å². The minimum Gasteiger partial charge on any atom is -0.343 e. The molecule has 0 radical (unpaired) electrons. The summed E-state index contributed by atoms with van der Waals surface area (Å²) in [7, 11) is 0. The van der Waals surface area contributed by atoms with Crippen LogP contribution < -0.4 is 15.9 Å². The van der Waals surface area contributed by atoms with Crippen LogP contribution in [0.15, 0.2) is 97.1 Å². The molecule has 3 rings (SSSR count). The van der Waals surface area contributed by atoms with Gasteiger partial charge in [-0.1, -0.05) is 55.8 Å². The fourth-order valence-electron chi connectivity index (χ4n) is 3.85. The molecule has 2 nitrogen and oxygen atoms in total. The van der Waals surface area contributed by atoms with Gasteiger partial charge >= 0.3 is 0 Å². The van der Waals surface area contributed by atoms with Gasteiger partial charge in [-0.3, -0.25) is 0 Å². The Morgan fingerprint density at radius 1 is 0.719 bits per heavy atom. The van der Waals surface area contributed by atoms with E-state index in [0.717, 1.165) is 18.4 Å². The Bertz CT molecular complexity index is 926. The zero-order valence-corrected chi connectivity index (χ0v) is 22.3. The van der Waals surface area contributed by atoms with Crippen molar-refractivity contribution in [3.63, 3.8) is 0 Å². The van der Waals surface area contributed by atoms with E-state index in [-0.39, 0.29) is 0 Å². The number of benzene rings is 3. The third-order valence-corrected chi connectivity index (χ3v) is 13.4. The molecule has 3 aromatic rings. The van der Waals surface area contributed by atoms with Gasteiger partial charge in [0, 0.05) is 18.8 Å². The summed E-state index contributed by atoms with van der Waals surface area (Å²) >= 11 is 2.70. The van der Waals surface area contributed by atoms with Crippen molar-refractivity contribution in [1.29, 1.82) is 0 Å². The summed E-state index contributed by atoms with van der Waals surface area (Å²) in [5.74, 6) is -0.844. The van der Waals surface area contributed by atoms with Crippen molar-refractivity contribution in [2.75, 3.05) is 13.2 Å². The lowest BCUT2D eigenvalue weighted by Gasteiger charge is -2.31. The number of halogens is 1. The van der Waals surface area contributed by atoms with Gasteiger partial charge in [0.05, 0.1) is 0 Å². The van der Waals surface area contributed by atoms with Gasteiger partial charge in [0.2, 0.25) is 5.79 Å². The average Bonchev–Trinajstić information content (AvgIpc) is 2.85. The number of rotatable bonds is 11. The first-order valence-electron chi connectivity index (χ1n) is 11.4. The Hall–Kier alpha value is -1.52. The Balaban J connectivity index is 2.09. The molecule has 32 heavy (non-hydrogen) atoms. The van der Waals surface area contributed by atoms with E-state index in [1.54, 1.807) is 0 Å². The normalized spacial score (nSPS) is 12.4. The highest BCUT2D eigenvalue weighted by Gasteiger charge is 2.43. The first kappa shape index (κ1) is 25.1. The fourth-order valence-corrected chi connectivity index (χ4v) is 9.36. The van der Waals surface area contributed by atoms with Crippen molar-refractivity contribution >= 4 is 42.9 Å². The molecule has 0 N–H and O–H groups in total. The Morgan fingerprint density at radius 2 is 1.19 bits per heavy atom. The second-order valence-corrected chi connectivity index (χ2v) is 14.6. The lowest BCUT2D eigenvalue weighted by Crippen LogP contribution is -2.32. The standard InChI is InChI=1S/C28H33IO2P/c1-4-7-14-23-28(30-5-2,31-6-3)24-19-21-27(22-20-24)32(29,25-15-10-8-11-16-25)26-17-12-9-13-18-26/h8-23H,4-7H2,1-3H3/q+1/b23-14-. The molecule has 0 spiro atoms. The van der Waals surface area contributed by atoms with Gasteiger partial charge < -0.3 is 9.47 Å². The summed E-state index contributed by atoms with van der Waals surface area (Å²) in [6.45, 7) is 7.37. The highest BCUT2D eigenvalue weighted by atomic mass is 127. The Kier molecular flexibility index (Phi) is 9.48. The number of allylic oxidation sites excluding steroid dienone is 1. The lowest BCUT2D eigenvalue weighted by atomic mass is 10.0. The maximum atomic E-state index is 6.20. The van der Waals surface area contributed by atoms with Gasteiger partial charge in [-0.15, -0.1) is 0 Å². The van der Waals surface area contributed by atoms with Crippen LogP contribution >= 0.6 is 26.9 Å². The molecule has 4 heteroatoms. The topological polar surface area (TPSA) is 18.5 Å². The van der Waals surface area contributed by atoms with Crippen molar-refractivity contribution in [1.82, 2.24) is 0 Å². The maximum absolute atomic E-state index is 6.20. The summed E-state index contributed by atoms with van der Waals surface area (Å²) < 4.78 is 12.4. The molecule has 0 aliphatic rings. The monoisotopic (exact) mass is 559 g/mol. The zero-order chi connectivity index (χ0) is 22.9. The second-order valence-electron chi connectivity index (χ2n) is 7.53. The largest absolute Gasteiger partial charge is 0.343 e. The molecular weight excluding hydrogens is 526 g/mol. The molecule has 168 valence electrons. The highest BCUT2D eigenvalue weighted by Crippen LogP contribution is 2.63. The van der Waals surface area contributed by atoms with Crippen LogP contribution in [0.2, 0.25) is 0 Å². The summed E-state index contributed by atoms with van der Waals surface area (Å²) in [4.78, 5) is -1.79. The molecule has 0 amide bonds. The van der Waals surface area contributed by atoms with Crippen molar-refractivity contribution in [3.05, 3.63) is 103 Å². The summed E-state index contributed by atoms with van der Waals surface area (Å²) in [5.41, 5.74) is 1.03. The minimum atomic E-state index is -1.79. The number of unbranched alkanes of at least 4 members (excludes halogenated alkanes) is 1. The lowest BCUT2D eigenvalue weighted by molar-refractivity contribution is -0.207. The molecule has 0 saturated carbocycles.